The van der Waals surface area contributed by atoms with E-state index in [1.807, 2.05) is 0 Å². The average Bonchev–Trinajstić information content (AvgIpc) is 3.50. The molecule has 6 fully saturated rings. The van der Waals surface area contributed by atoms with E-state index in [2.05, 4.69) is 71.7 Å². The minimum Gasteiger partial charge on any atom is -0.306 e. The summed E-state index contributed by atoms with van der Waals surface area (Å²) >= 11 is 0. The Balaban J connectivity index is -0.000000192. The van der Waals surface area contributed by atoms with E-state index in [4.69, 9.17) is 0 Å². The molecule has 0 aromatic heterocycles. The largest absolute Gasteiger partial charge is 0.306 e. The second-order valence-electron chi connectivity index (χ2n) is 12.1. The summed E-state index contributed by atoms with van der Waals surface area (Å²) in [4.78, 5) is 14.1. The third kappa shape index (κ3) is 32.3. The average molecular weight is 575 g/mol. The van der Waals surface area contributed by atoms with Crippen LogP contribution in [-0.2, 0) is 0 Å². The van der Waals surface area contributed by atoms with E-state index >= 15 is 0 Å². The fourth-order valence-electron chi connectivity index (χ4n) is 4.61. The minimum atomic E-state index is 0. The van der Waals surface area contributed by atoms with Gasteiger partial charge in [0.1, 0.15) is 0 Å². The molecule has 6 nitrogen and oxygen atoms in total. The molecule has 6 aliphatic rings. The monoisotopic (exact) mass is 575 g/mol. The number of rotatable bonds is 0. The number of likely N-dealkylation sites (N-methyl/N-ethyl adjacent to an activating group) is 1. The Bertz CT molecular complexity index is 407. The highest BCUT2D eigenvalue weighted by molar-refractivity contribution is 4.64. The molecule has 0 bridgehead atoms. The zero-order valence-corrected chi connectivity index (χ0v) is 25.7. The standard InChI is InChI=1S/3C6H13N.C5H11N.C4H9N.C3H7N.4CH4/c3*1-7-5-3-2-4-6-7;1-6-4-2-3-5-6;1-5-3-2-4-5;1-4-2-3-4;;;;/h3*2-6H2,1H3;2-5H2,1H3;2-4H2,1H3;2-3H2,1H3;4*1H4. The minimum absolute atomic E-state index is 0. The van der Waals surface area contributed by atoms with Crippen molar-refractivity contribution in [2.24, 2.45) is 0 Å². The molecule has 248 valence electrons. The lowest BCUT2D eigenvalue weighted by Gasteiger charge is -2.24. The van der Waals surface area contributed by atoms with Gasteiger partial charge in [-0.1, -0.05) is 49.0 Å². The Morgan fingerprint density at radius 2 is 0.325 bits per heavy atom. The Labute approximate surface area is 256 Å². The maximum Gasteiger partial charge on any atom is 0.0107 e. The number of nitrogens with zero attached hydrogens (tertiary/aromatic N) is 6. The summed E-state index contributed by atoms with van der Waals surface area (Å²) in [5.41, 5.74) is 0. The maximum absolute atomic E-state index is 2.39. The van der Waals surface area contributed by atoms with Crippen molar-refractivity contribution in [3.63, 3.8) is 0 Å². The zero-order chi connectivity index (χ0) is 26.4. The second-order valence-corrected chi connectivity index (χ2v) is 12.1. The topological polar surface area (TPSA) is 19.2 Å². The zero-order valence-electron chi connectivity index (χ0n) is 25.7. The van der Waals surface area contributed by atoms with Crippen LogP contribution in [0.25, 0.3) is 0 Å². The Hall–Kier alpha value is -0.240. The first-order chi connectivity index (χ1) is 17.4. The van der Waals surface area contributed by atoms with Crippen molar-refractivity contribution in [3.8, 4) is 0 Å². The van der Waals surface area contributed by atoms with Gasteiger partial charge in [0, 0.05) is 13.1 Å². The van der Waals surface area contributed by atoms with Crippen LogP contribution in [0.2, 0.25) is 0 Å². The third-order valence-corrected chi connectivity index (χ3v) is 7.82. The van der Waals surface area contributed by atoms with Crippen molar-refractivity contribution in [1.29, 1.82) is 0 Å². The maximum atomic E-state index is 2.39. The molecule has 6 saturated heterocycles. The summed E-state index contributed by atoms with van der Waals surface area (Å²) in [6.45, 7) is 15.8. The molecule has 0 N–H and O–H groups in total. The van der Waals surface area contributed by atoms with Gasteiger partial charge in [0.2, 0.25) is 0 Å². The highest BCUT2D eigenvalue weighted by atomic mass is 15.2. The lowest BCUT2D eigenvalue weighted by molar-refractivity contribution is 0.229. The predicted molar refractivity (Wildman–Crippen MR) is 187 cm³/mol. The molecule has 0 spiro atoms. The molecule has 0 aliphatic carbocycles. The molecule has 0 atom stereocenters. The van der Waals surface area contributed by atoms with Crippen LogP contribution >= 0.6 is 0 Å². The van der Waals surface area contributed by atoms with E-state index in [0.29, 0.717) is 0 Å². The number of hydrogen-bond donors (Lipinski definition) is 0. The van der Waals surface area contributed by atoms with Gasteiger partial charge in [-0.15, -0.1) is 0 Å². The summed E-state index contributed by atoms with van der Waals surface area (Å²) in [6.07, 6.45) is 17.1. The van der Waals surface area contributed by atoms with Crippen molar-refractivity contribution in [2.45, 2.75) is 107 Å². The number of piperidine rings is 3. The summed E-state index contributed by atoms with van der Waals surface area (Å²) < 4.78 is 0. The first kappa shape index (κ1) is 46.7. The van der Waals surface area contributed by atoms with E-state index in [1.165, 1.54) is 156 Å². The predicted octanol–water partition coefficient (Wildman–Crippen LogP) is 6.82. The number of hydrogen-bond acceptors (Lipinski definition) is 6. The van der Waals surface area contributed by atoms with Crippen molar-refractivity contribution in [2.75, 3.05) is 121 Å². The van der Waals surface area contributed by atoms with E-state index in [0.717, 1.165) is 0 Å². The van der Waals surface area contributed by atoms with Gasteiger partial charge in [-0.2, -0.15) is 0 Å². The van der Waals surface area contributed by atoms with E-state index in [9.17, 15) is 0 Å². The van der Waals surface area contributed by atoms with Gasteiger partial charge in [0.25, 0.3) is 0 Å². The fourth-order valence-corrected chi connectivity index (χ4v) is 4.61. The molecule has 0 saturated carbocycles. The first-order valence-corrected chi connectivity index (χ1v) is 15.5. The summed E-state index contributed by atoms with van der Waals surface area (Å²) in [5, 5.41) is 0. The van der Waals surface area contributed by atoms with Gasteiger partial charge in [-0.3, -0.25) is 0 Å². The van der Waals surface area contributed by atoms with Crippen LogP contribution in [0.4, 0.5) is 0 Å². The normalized spacial score (nSPS) is 22.9. The van der Waals surface area contributed by atoms with Gasteiger partial charge >= 0.3 is 0 Å². The van der Waals surface area contributed by atoms with Gasteiger partial charge in [0.05, 0.1) is 0 Å². The van der Waals surface area contributed by atoms with Crippen LogP contribution in [0, 0.1) is 0 Å². The molecule has 0 unspecified atom stereocenters. The van der Waals surface area contributed by atoms with Crippen molar-refractivity contribution < 1.29 is 0 Å². The summed E-state index contributed by atoms with van der Waals surface area (Å²) in [7, 11) is 13.0. The van der Waals surface area contributed by atoms with Crippen molar-refractivity contribution in [1.82, 2.24) is 29.4 Å². The van der Waals surface area contributed by atoms with Crippen LogP contribution in [0.5, 0.6) is 0 Å². The first-order valence-electron chi connectivity index (χ1n) is 15.5. The van der Waals surface area contributed by atoms with Gasteiger partial charge < -0.3 is 29.4 Å². The van der Waals surface area contributed by atoms with Crippen LogP contribution in [0.15, 0.2) is 0 Å². The quantitative estimate of drug-likeness (QED) is 0.294. The van der Waals surface area contributed by atoms with Crippen molar-refractivity contribution in [3.05, 3.63) is 0 Å². The highest BCUT2D eigenvalue weighted by Crippen LogP contribution is 2.06. The molecule has 0 aromatic rings. The Morgan fingerprint density at radius 1 is 0.200 bits per heavy atom. The lowest BCUT2D eigenvalue weighted by Crippen LogP contribution is -2.32. The Kier molecular flexibility index (Phi) is 37.0. The van der Waals surface area contributed by atoms with Crippen LogP contribution < -0.4 is 0 Å². The highest BCUT2D eigenvalue weighted by Gasteiger charge is 2.07. The van der Waals surface area contributed by atoms with E-state index < -0.39 is 0 Å². The lowest BCUT2D eigenvalue weighted by atomic mass is 10.1. The summed E-state index contributed by atoms with van der Waals surface area (Å²) in [6, 6.07) is 0. The molecule has 0 amide bonds. The van der Waals surface area contributed by atoms with Crippen LogP contribution in [-0.4, -0.2) is 150 Å². The molecular weight excluding hydrogens is 492 g/mol. The van der Waals surface area contributed by atoms with Crippen LogP contribution in [0.3, 0.4) is 0 Å². The van der Waals surface area contributed by atoms with E-state index in [1.54, 1.807) is 0 Å². The molecular formula is C34H82N6. The molecule has 0 aromatic carbocycles. The fraction of sp³-hybridized carbons (Fsp3) is 1.00. The molecule has 40 heavy (non-hydrogen) atoms. The van der Waals surface area contributed by atoms with Crippen molar-refractivity contribution >= 4 is 0 Å². The molecule has 6 heterocycles. The second kappa shape index (κ2) is 31.7. The molecule has 0 radical (unpaired) electrons. The third-order valence-electron chi connectivity index (χ3n) is 7.82. The molecule has 6 heteroatoms. The van der Waals surface area contributed by atoms with Gasteiger partial charge in [0.15, 0.2) is 0 Å². The van der Waals surface area contributed by atoms with Gasteiger partial charge in [-0.05, 0) is 166 Å². The van der Waals surface area contributed by atoms with E-state index in [-0.39, 0.29) is 29.7 Å². The summed E-state index contributed by atoms with van der Waals surface area (Å²) in [5.74, 6) is 0. The van der Waals surface area contributed by atoms with Gasteiger partial charge in [-0.25, -0.2) is 0 Å². The SMILES string of the molecule is C.C.C.C.CN1CC1.CN1CCC1.CN1CCCC1.CN1CCCCC1.CN1CCCCC1.CN1CCCCC1. The van der Waals surface area contributed by atoms with Crippen LogP contribution in [0.1, 0.15) is 107 Å². The smallest absolute Gasteiger partial charge is 0.0107 e. The Morgan fingerprint density at radius 3 is 0.375 bits per heavy atom. The number of likely N-dealkylation sites (tertiary alicyclic amines) is 5. The molecule has 6 aliphatic heterocycles. The molecule has 6 rings (SSSR count).